The van der Waals surface area contributed by atoms with Crippen molar-refractivity contribution >= 4 is 29.7 Å². The van der Waals surface area contributed by atoms with Gasteiger partial charge in [0.1, 0.15) is 18.4 Å². The van der Waals surface area contributed by atoms with Crippen molar-refractivity contribution in [2.45, 2.75) is 18.4 Å². The van der Waals surface area contributed by atoms with Crippen LogP contribution in [0.4, 0.5) is 9.59 Å². The minimum Gasteiger partial charge on any atom is -0.497 e. The number of amides is 3. The Morgan fingerprint density at radius 3 is 2.48 bits per heavy atom. The zero-order valence-electron chi connectivity index (χ0n) is 15.8. The van der Waals surface area contributed by atoms with E-state index in [0.717, 1.165) is 16.9 Å². The smallest absolute Gasteiger partial charge is 0.408 e. The number of ether oxygens (including phenoxy) is 2. The van der Waals surface area contributed by atoms with Gasteiger partial charge in [0.2, 0.25) is 0 Å². The number of rotatable bonds is 9. The van der Waals surface area contributed by atoms with Crippen molar-refractivity contribution in [2.24, 2.45) is 15.2 Å². The summed E-state index contributed by atoms with van der Waals surface area (Å²) in [6, 6.07) is 15.8. The summed E-state index contributed by atoms with van der Waals surface area (Å²) in [5, 5.41) is 9.87. The maximum Gasteiger partial charge on any atom is 0.408 e. The molecule has 29 heavy (non-hydrogen) atoms. The van der Waals surface area contributed by atoms with Gasteiger partial charge in [-0.15, -0.1) is 5.11 Å². The topological polar surface area (TPSA) is 102 Å². The third kappa shape index (κ3) is 6.42. The summed E-state index contributed by atoms with van der Waals surface area (Å²) in [6.45, 7) is 0.144. The Balaban J connectivity index is 1.54. The minimum absolute atomic E-state index is 0.144. The van der Waals surface area contributed by atoms with Gasteiger partial charge in [-0.05, 0) is 23.3 Å². The van der Waals surface area contributed by atoms with E-state index in [4.69, 9.17) is 9.47 Å². The molecule has 3 rings (SSSR count). The zero-order chi connectivity index (χ0) is 20.5. The van der Waals surface area contributed by atoms with Crippen molar-refractivity contribution in [3.8, 4) is 5.75 Å². The van der Waals surface area contributed by atoms with Crippen LogP contribution >= 0.6 is 11.8 Å². The van der Waals surface area contributed by atoms with E-state index >= 15 is 0 Å². The molecule has 150 valence electrons. The summed E-state index contributed by atoms with van der Waals surface area (Å²) < 4.78 is 10.4. The lowest BCUT2D eigenvalue weighted by atomic mass is 10.2. The van der Waals surface area contributed by atoms with Gasteiger partial charge >= 0.3 is 12.1 Å². The number of thioether (sulfide) groups is 1. The second-order valence-corrected chi connectivity index (χ2v) is 7.10. The van der Waals surface area contributed by atoms with Crippen LogP contribution in [-0.4, -0.2) is 36.9 Å². The molecule has 1 unspecified atom stereocenters. The van der Waals surface area contributed by atoms with Crippen LogP contribution in [-0.2, 0) is 17.1 Å². The average Bonchev–Trinajstić information content (AvgIpc) is 3.19. The van der Waals surface area contributed by atoms with E-state index < -0.39 is 18.2 Å². The molecule has 2 aromatic carbocycles. The Kier molecular flexibility index (Phi) is 7.34. The number of hydrogen-bond donors (Lipinski definition) is 1. The summed E-state index contributed by atoms with van der Waals surface area (Å²) >= 11 is 1.57. The van der Waals surface area contributed by atoms with E-state index in [1.807, 2.05) is 54.6 Å². The van der Waals surface area contributed by atoms with Crippen molar-refractivity contribution in [2.75, 3.05) is 12.9 Å². The van der Waals surface area contributed by atoms with Crippen LogP contribution in [0.15, 0.2) is 69.8 Å². The number of azo groups is 1. The summed E-state index contributed by atoms with van der Waals surface area (Å²) in [5.74, 6) is 2.13. The molecule has 8 nitrogen and oxygen atoms in total. The lowest BCUT2D eigenvalue weighted by Crippen LogP contribution is -2.42. The summed E-state index contributed by atoms with van der Waals surface area (Å²) in [4.78, 5) is 27.3. The Hall–Kier alpha value is -3.20. The van der Waals surface area contributed by atoms with Crippen molar-refractivity contribution < 1.29 is 19.1 Å². The Morgan fingerprint density at radius 2 is 1.83 bits per heavy atom. The highest BCUT2D eigenvalue weighted by molar-refractivity contribution is 7.98. The lowest BCUT2D eigenvalue weighted by Gasteiger charge is -2.16. The molecule has 0 saturated carbocycles. The van der Waals surface area contributed by atoms with Crippen LogP contribution in [0.25, 0.3) is 0 Å². The fourth-order valence-corrected chi connectivity index (χ4v) is 3.50. The van der Waals surface area contributed by atoms with Crippen LogP contribution in [0.3, 0.4) is 0 Å². The Labute approximate surface area is 172 Å². The van der Waals surface area contributed by atoms with Gasteiger partial charge in [0.05, 0.1) is 7.11 Å². The highest BCUT2D eigenvalue weighted by Gasteiger charge is 2.24. The van der Waals surface area contributed by atoms with E-state index in [1.165, 1.54) is 0 Å². The first kappa shape index (κ1) is 20.5. The molecule has 0 spiro atoms. The number of aliphatic imine (C=N–C) groups is 1. The van der Waals surface area contributed by atoms with Crippen molar-refractivity contribution in [1.29, 1.82) is 0 Å². The summed E-state index contributed by atoms with van der Waals surface area (Å²) in [5.41, 5.74) is 1.98. The van der Waals surface area contributed by atoms with Gasteiger partial charge in [-0.3, -0.25) is 0 Å². The van der Waals surface area contributed by atoms with Gasteiger partial charge in [0, 0.05) is 11.5 Å². The fourth-order valence-electron chi connectivity index (χ4n) is 2.49. The molecular formula is C20H20N4O4S. The molecule has 1 aliphatic heterocycles. The molecule has 1 atom stereocenters. The fraction of sp³-hybridized carbons (Fsp3) is 0.250. The van der Waals surface area contributed by atoms with Crippen LogP contribution in [0.2, 0.25) is 0 Å². The number of carbonyl (C=O) groups is 2. The van der Waals surface area contributed by atoms with E-state index in [9.17, 15) is 9.59 Å². The standard InChI is InChI=1S/C20H20N4O4S/c1-27-16-9-7-15(8-10-16)12-29-13-17(18-22-19(25)24-23-18)21-20(26)28-11-14-5-3-2-4-6-14/h2-10,17H,11-13H2,1H3,(H,21,26). The molecule has 0 aliphatic carbocycles. The first-order chi connectivity index (χ1) is 14.1. The van der Waals surface area contributed by atoms with E-state index in [-0.39, 0.29) is 12.4 Å². The normalized spacial score (nSPS) is 13.7. The molecule has 0 aromatic heterocycles. The Morgan fingerprint density at radius 1 is 1.07 bits per heavy atom. The van der Waals surface area contributed by atoms with Crippen LogP contribution in [0.1, 0.15) is 11.1 Å². The number of hydrogen-bond acceptors (Lipinski definition) is 6. The molecule has 2 aromatic rings. The average molecular weight is 412 g/mol. The van der Waals surface area contributed by atoms with Crippen LogP contribution < -0.4 is 10.1 Å². The largest absolute Gasteiger partial charge is 0.497 e. The van der Waals surface area contributed by atoms with Gasteiger partial charge in [-0.2, -0.15) is 16.8 Å². The number of alkyl carbamates (subject to hydrolysis) is 1. The first-order valence-corrected chi connectivity index (χ1v) is 10.0. The molecule has 9 heteroatoms. The molecule has 1 N–H and O–H groups in total. The first-order valence-electron chi connectivity index (χ1n) is 8.86. The molecular weight excluding hydrogens is 392 g/mol. The van der Waals surface area contributed by atoms with Crippen LogP contribution in [0.5, 0.6) is 5.75 Å². The maximum atomic E-state index is 12.2. The highest BCUT2D eigenvalue weighted by Crippen LogP contribution is 2.18. The van der Waals surface area contributed by atoms with E-state index in [0.29, 0.717) is 11.5 Å². The third-order valence-electron chi connectivity index (χ3n) is 3.98. The van der Waals surface area contributed by atoms with Gasteiger partial charge in [-0.1, -0.05) is 47.6 Å². The highest BCUT2D eigenvalue weighted by atomic mass is 32.2. The van der Waals surface area contributed by atoms with Crippen molar-refractivity contribution in [1.82, 2.24) is 5.32 Å². The molecule has 3 amide bonds. The van der Waals surface area contributed by atoms with Crippen molar-refractivity contribution in [3.05, 3.63) is 65.7 Å². The minimum atomic E-state index is -0.676. The monoisotopic (exact) mass is 412 g/mol. The zero-order valence-corrected chi connectivity index (χ0v) is 16.6. The number of methoxy groups -OCH3 is 1. The third-order valence-corrected chi connectivity index (χ3v) is 5.08. The number of carbonyl (C=O) groups excluding carboxylic acids is 2. The van der Waals surface area contributed by atoms with Gasteiger partial charge in [0.25, 0.3) is 0 Å². The van der Waals surface area contributed by atoms with Crippen molar-refractivity contribution in [3.63, 3.8) is 0 Å². The number of amidine groups is 1. The number of benzene rings is 2. The second kappa shape index (κ2) is 10.4. The second-order valence-electron chi connectivity index (χ2n) is 6.07. The van der Waals surface area contributed by atoms with Gasteiger partial charge in [0.15, 0.2) is 5.84 Å². The maximum absolute atomic E-state index is 12.2. The quantitative estimate of drug-likeness (QED) is 0.665. The molecule has 0 radical (unpaired) electrons. The van der Waals surface area contributed by atoms with E-state index in [1.54, 1.807) is 18.9 Å². The molecule has 0 fully saturated rings. The summed E-state index contributed by atoms with van der Waals surface area (Å²) in [7, 11) is 1.62. The predicted molar refractivity (Wildman–Crippen MR) is 110 cm³/mol. The van der Waals surface area contributed by atoms with Gasteiger partial charge < -0.3 is 14.8 Å². The molecule has 0 bridgehead atoms. The number of urea groups is 1. The lowest BCUT2D eigenvalue weighted by molar-refractivity contribution is 0.138. The predicted octanol–water partition coefficient (Wildman–Crippen LogP) is 4.21. The van der Waals surface area contributed by atoms with Crippen LogP contribution in [0, 0.1) is 0 Å². The summed E-state index contributed by atoms with van der Waals surface area (Å²) in [6.07, 6.45) is -0.610. The molecule has 1 heterocycles. The number of nitrogens with one attached hydrogen (secondary N) is 1. The molecule has 1 aliphatic rings. The Bertz CT molecular complexity index is 900. The van der Waals surface area contributed by atoms with Gasteiger partial charge in [-0.25, -0.2) is 9.59 Å². The number of nitrogens with zero attached hydrogens (tertiary/aromatic N) is 3. The molecule has 0 saturated heterocycles. The SMILES string of the molecule is COc1ccc(CSCC(NC(=O)OCc2ccccc2)C2=NC(=O)N=N2)cc1. The van der Waals surface area contributed by atoms with E-state index in [2.05, 4.69) is 20.5 Å².